The number of halogens is 1. The smallest absolute Gasteiger partial charge is 0.132 e. The van der Waals surface area contributed by atoms with E-state index in [-0.39, 0.29) is 5.75 Å². The van der Waals surface area contributed by atoms with Crippen molar-refractivity contribution >= 4 is 0 Å². The summed E-state index contributed by atoms with van der Waals surface area (Å²) in [4.78, 5) is 4.59. The molecule has 2 aromatic carbocycles. The minimum Gasteiger partial charge on any atom is -0.508 e. The minimum atomic E-state index is -0.513. The molecule has 0 aliphatic carbocycles. The van der Waals surface area contributed by atoms with Crippen LogP contribution in [0.2, 0.25) is 0 Å². The van der Waals surface area contributed by atoms with Crippen molar-refractivity contribution in [2.45, 2.75) is 19.6 Å². The Morgan fingerprint density at radius 1 is 1.20 bits per heavy atom. The Labute approximate surface area is 116 Å². The normalized spacial score (nSPS) is 12.2. The average molecular weight is 277 g/mol. The molecule has 0 saturated carbocycles. The summed E-state index contributed by atoms with van der Waals surface area (Å²) < 4.78 is 19.3. The molecule has 106 valence electrons. The lowest BCUT2D eigenvalue weighted by Crippen LogP contribution is -2.07. The highest BCUT2D eigenvalue weighted by atomic mass is 19.1. The van der Waals surface area contributed by atoms with Crippen molar-refractivity contribution < 1.29 is 19.1 Å². The molecule has 0 fully saturated rings. The molecule has 0 heterocycles. The minimum absolute atomic E-state index is 0.194. The number of phenolic OH excluding ortho intramolecular Hbond substituents is 1. The molecular weight excluding hydrogens is 261 g/mol. The Morgan fingerprint density at radius 3 is 2.50 bits per heavy atom. The van der Waals surface area contributed by atoms with Gasteiger partial charge in [0.2, 0.25) is 0 Å². The van der Waals surface area contributed by atoms with Gasteiger partial charge in [0.15, 0.2) is 0 Å². The summed E-state index contributed by atoms with van der Waals surface area (Å²) in [6.45, 7) is 1.96. The molecule has 3 N–H and O–H groups in total. The number of aromatic hydroxyl groups is 1. The van der Waals surface area contributed by atoms with Gasteiger partial charge in [0, 0.05) is 11.6 Å². The monoisotopic (exact) mass is 277 g/mol. The number of hydrogen-bond acceptors (Lipinski definition) is 4. The van der Waals surface area contributed by atoms with Gasteiger partial charge in [-0.1, -0.05) is 12.1 Å². The number of nitrogens with two attached hydrogens (primary N) is 1. The molecule has 20 heavy (non-hydrogen) atoms. The summed E-state index contributed by atoms with van der Waals surface area (Å²) in [5.41, 5.74) is 1.26. The van der Waals surface area contributed by atoms with E-state index in [1.807, 2.05) is 0 Å². The molecule has 0 bridgehead atoms. The molecule has 5 heteroatoms. The molecule has 4 nitrogen and oxygen atoms in total. The zero-order valence-electron chi connectivity index (χ0n) is 11.0. The van der Waals surface area contributed by atoms with Gasteiger partial charge in [0.1, 0.15) is 30.0 Å². The number of phenols is 1. The molecule has 0 aliphatic rings. The molecular formula is C15H16FNO3. The zero-order chi connectivity index (χ0) is 14.5. The van der Waals surface area contributed by atoms with Crippen LogP contribution >= 0.6 is 0 Å². The van der Waals surface area contributed by atoms with E-state index < -0.39 is 11.9 Å². The van der Waals surface area contributed by atoms with Gasteiger partial charge in [-0.15, -0.1) is 0 Å². The van der Waals surface area contributed by atoms with Gasteiger partial charge < -0.3 is 9.84 Å². The van der Waals surface area contributed by atoms with Crippen molar-refractivity contribution in [3.05, 3.63) is 59.4 Å². The highest BCUT2D eigenvalue weighted by Gasteiger charge is 2.11. The summed E-state index contributed by atoms with van der Waals surface area (Å²) in [5.74, 6) is 5.23. The maximum Gasteiger partial charge on any atom is 0.132 e. The second-order valence-electron chi connectivity index (χ2n) is 4.42. The van der Waals surface area contributed by atoms with Crippen molar-refractivity contribution in [3.63, 3.8) is 0 Å². The van der Waals surface area contributed by atoms with Gasteiger partial charge in [-0.25, -0.2) is 10.3 Å². The fourth-order valence-electron chi connectivity index (χ4n) is 1.76. The largest absolute Gasteiger partial charge is 0.508 e. The van der Waals surface area contributed by atoms with Crippen LogP contribution in [0.1, 0.15) is 24.2 Å². The quantitative estimate of drug-likeness (QED) is 0.824. The third-order valence-electron chi connectivity index (χ3n) is 2.96. The lowest BCUT2D eigenvalue weighted by molar-refractivity contribution is 0.0638. The Morgan fingerprint density at radius 2 is 1.90 bits per heavy atom. The molecule has 0 aliphatic heterocycles. The van der Waals surface area contributed by atoms with Crippen molar-refractivity contribution in [1.82, 2.24) is 0 Å². The summed E-state index contributed by atoms with van der Waals surface area (Å²) >= 11 is 0. The van der Waals surface area contributed by atoms with Gasteiger partial charge in [-0.05, 0) is 36.8 Å². The van der Waals surface area contributed by atoms with E-state index in [4.69, 9.17) is 10.6 Å². The lowest BCUT2D eigenvalue weighted by Gasteiger charge is -2.12. The van der Waals surface area contributed by atoms with E-state index in [1.54, 1.807) is 43.3 Å². The van der Waals surface area contributed by atoms with Gasteiger partial charge in [0.05, 0.1) is 0 Å². The molecule has 2 rings (SSSR count). The van der Waals surface area contributed by atoms with Crippen LogP contribution in [0.3, 0.4) is 0 Å². The van der Waals surface area contributed by atoms with E-state index in [9.17, 15) is 9.50 Å². The molecule has 0 radical (unpaired) electrons. The van der Waals surface area contributed by atoms with E-state index >= 15 is 0 Å². The number of rotatable bonds is 5. The summed E-state index contributed by atoms with van der Waals surface area (Å²) in [5, 5.41) is 9.17. The lowest BCUT2D eigenvalue weighted by atomic mass is 10.1. The Kier molecular flexibility index (Phi) is 4.55. The number of ether oxygens (including phenoxy) is 1. The Bertz CT molecular complexity index is 572. The molecule has 1 unspecified atom stereocenters. The molecule has 1 atom stereocenters. The molecule has 0 saturated heterocycles. The Balaban J connectivity index is 2.03. The van der Waals surface area contributed by atoms with Crippen LogP contribution in [0.5, 0.6) is 11.5 Å². The third kappa shape index (κ3) is 3.46. The van der Waals surface area contributed by atoms with E-state index in [2.05, 4.69) is 4.84 Å². The predicted molar refractivity (Wildman–Crippen MR) is 72.5 cm³/mol. The van der Waals surface area contributed by atoms with Crippen LogP contribution in [-0.2, 0) is 11.4 Å². The van der Waals surface area contributed by atoms with Crippen LogP contribution in [0.15, 0.2) is 42.5 Å². The van der Waals surface area contributed by atoms with Gasteiger partial charge >= 0.3 is 0 Å². The van der Waals surface area contributed by atoms with Crippen molar-refractivity contribution in [2.24, 2.45) is 5.90 Å². The SMILES string of the molecule is CC(ON)c1ccc(OCc2ccc(O)cc2)cc1F. The molecule has 0 amide bonds. The first-order chi connectivity index (χ1) is 9.60. The van der Waals surface area contributed by atoms with Crippen LogP contribution < -0.4 is 10.6 Å². The Hall–Kier alpha value is -2.11. The van der Waals surface area contributed by atoms with Crippen LogP contribution in [0.4, 0.5) is 4.39 Å². The van der Waals surface area contributed by atoms with E-state index in [1.165, 1.54) is 6.07 Å². The summed E-state index contributed by atoms with van der Waals surface area (Å²) in [6.07, 6.45) is -0.513. The number of benzene rings is 2. The van der Waals surface area contributed by atoms with Crippen LogP contribution in [-0.4, -0.2) is 5.11 Å². The van der Waals surface area contributed by atoms with E-state index in [0.717, 1.165) is 5.56 Å². The first kappa shape index (κ1) is 14.3. The van der Waals surface area contributed by atoms with Crippen LogP contribution in [0.25, 0.3) is 0 Å². The summed E-state index contributed by atoms with van der Waals surface area (Å²) in [7, 11) is 0. The highest BCUT2D eigenvalue weighted by molar-refractivity contribution is 5.31. The third-order valence-corrected chi connectivity index (χ3v) is 2.96. The van der Waals surface area contributed by atoms with Gasteiger partial charge in [-0.2, -0.15) is 0 Å². The van der Waals surface area contributed by atoms with Crippen molar-refractivity contribution in [2.75, 3.05) is 0 Å². The maximum atomic E-state index is 13.8. The molecule has 0 aromatic heterocycles. The highest BCUT2D eigenvalue weighted by Crippen LogP contribution is 2.23. The first-order valence-electron chi connectivity index (χ1n) is 6.16. The van der Waals surface area contributed by atoms with Crippen LogP contribution in [0, 0.1) is 5.82 Å². The zero-order valence-corrected chi connectivity index (χ0v) is 11.0. The van der Waals surface area contributed by atoms with Crippen molar-refractivity contribution in [1.29, 1.82) is 0 Å². The van der Waals surface area contributed by atoms with Crippen molar-refractivity contribution in [3.8, 4) is 11.5 Å². The first-order valence-corrected chi connectivity index (χ1v) is 6.16. The standard InChI is InChI=1S/C15H16FNO3/c1-10(20-17)14-7-6-13(8-15(14)16)19-9-11-2-4-12(18)5-3-11/h2-8,10,18H,9,17H2,1H3. The fraction of sp³-hybridized carbons (Fsp3) is 0.200. The fourth-order valence-corrected chi connectivity index (χ4v) is 1.76. The second kappa shape index (κ2) is 6.36. The maximum absolute atomic E-state index is 13.8. The van der Waals surface area contributed by atoms with Gasteiger partial charge in [-0.3, -0.25) is 4.84 Å². The molecule has 0 spiro atoms. The summed E-state index contributed by atoms with van der Waals surface area (Å²) in [6, 6.07) is 11.2. The predicted octanol–water partition coefficient (Wildman–Crippen LogP) is 3.06. The topological polar surface area (TPSA) is 64.7 Å². The van der Waals surface area contributed by atoms with E-state index in [0.29, 0.717) is 17.9 Å². The second-order valence-corrected chi connectivity index (χ2v) is 4.42. The average Bonchev–Trinajstić information content (AvgIpc) is 2.46. The number of hydrogen-bond donors (Lipinski definition) is 2. The molecule has 2 aromatic rings. The van der Waals surface area contributed by atoms with Gasteiger partial charge in [0.25, 0.3) is 0 Å².